The molecule has 0 bridgehead atoms. The van der Waals surface area contributed by atoms with Crippen molar-refractivity contribution in [1.29, 1.82) is 0 Å². The van der Waals surface area contributed by atoms with Crippen LogP contribution in [0, 0.1) is 0 Å². The fraction of sp³-hybridized carbons (Fsp3) is 0.143. The molecule has 1 rings (SSSR count). The zero-order valence-corrected chi connectivity index (χ0v) is 10.9. The second kappa shape index (κ2) is 7.50. The smallest absolute Gasteiger partial charge is 0.132 e. The lowest BCUT2D eigenvalue weighted by molar-refractivity contribution is 0.404. The standard InChI is InChI=1S/C14H16O3S/c1-2-3-4-7-12(10-15)18-14-8-5-6-11(16)9-13(14)17/h2-4,6-10,15-17H,5H2,1H3/b3-2-,7-4-,12-10-. The Kier molecular flexibility index (Phi) is 5.94. The predicted octanol–water partition coefficient (Wildman–Crippen LogP) is 4.42. The summed E-state index contributed by atoms with van der Waals surface area (Å²) in [5.74, 6) is 0.0309. The highest BCUT2D eigenvalue weighted by atomic mass is 32.2. The summed E-state index contributed by atoms with van der Waals surface area (Å²) < 4.78 is 0. The lowest BCUT2D eigenvalue weighted by Gasteiger charge is -2.05. The fourth-order valence-corrected chi connectivity index (χ4v) is 2.04. The molecule has 0 aliphatic heterocycles. The predicted molar refractivity (Wildman–Crippen MR) is 76.4 cm³/mol. The van der Waals surface area contributed by atoms with Gasteiger partial charge in [-0.15, -0.1) is 0 Å². The first-order valence-corrected chi connectivity index (χ1v) is 6.31. The van der Waals surface area contributed by atoms with Gasteiger partial charge in [-0.2, -0.15) is 0 Å². The van der Waals surface area contributed by atoms with E-state index < -0.39 is 0 Å². The molecule has 0 aromatic rings. The Balaban J connectivity index is 2.78. The van der Waals surface area contributed by atoms with Gasteiger partial charge in [0.25, 0.3) is 0 Å². The van der Waals surface area contributed by atoms with Gasteiger partial charge in [0.15, 0.2) is 0 Å². The summed E-state index contributed by atoms with van der Waals surface area (Å²) in [6.45, 7) is 1.90. The van der Waals surface area contributed by atoms with Crippen molar-refractivity contribution in [3.05, 3.63) is 70.1 Å². The molecule has 4 heteroatoms. The van der Waals surface area contributed by atoms with E-state index in [-0.39, 0.29) is 11.5 Å². The molecule has 0 atom stereocenters. The van der Waals surface area contributed by atoms with Gasteiger partial charge in [-0.05, 0) is 25.5 Å². The van der Waals surface area contributed by atoms with Gasteiger partial charge in [-0.1, -0.05) is 36.1 Å². The maximum atomic E-state index is 9.76. The number of aliphatic hydroxyl groups is 3. The van der Waals surface area contributed by atoms with Crippen molar-refractivity contribution in [1.82, 2.24) is 0 Å². The molecule has 0 saturated heterocycles. The van der Waals surface area contributed by atoms with Crippen molar-refractivity contribution in [3.8, 4) is 0 Å². The first-order valence-electron chi connectivity index (χ1n) is 5.49. The molecule has 1 aliphatic rings. The molecule has 0 saturated carbocycles. The van der Waals surface area contributed by atoms with E-state index in [0.717, 1.165) is 6.26 Å². The Labute approximate surface area is 111 Å². The van der Waals surface area contributed by atoms with E-state index in [9.17, 15) is 10.2 Å². The maximum absolute atomic E-state index is 9.76. The summed E-state index contributed by atoms with van der Waals surface area (Å²) in [5.41, 5.74) is 0. The van der Waals surface area contributed by atoms with E-state index in [1.807, 2.05) is 19.1 Å². The molecule has 0 spiro atoms. The van der Waals surface area contributed by atoms with Crippen LogP contribution < -0.4 is 0 Å². The van der Waals surface area contributed by atoms with E-state index in [1.165, 1.54) is 17.8 Å². The van der Waals surface area contributed by atoms with Gasteiger partial charge in [0.05, 0.1) is 11.2 Å². The van der Waals surface area contributed by atoms with E-state index >= 15 is 0 Å². The Bertz CT molecular complexity index is 465. The topological polar surface area (TPSA) is 60.7 Å². The zero-order valence-electron chi connectivity index (χ0n) is 10.1. The van der Waals surface area contributed by atoms with Crippen molar-refractivity contribution in [2.75, 3.05) is 0 Å². The van der Waals surface area contributed by atoms with E-state index in [1.54, 1.807) is 24.3 Å². The van der Waals surface area contributed by atoms with Crippen LogP contribution in [0.15, 0.2) is 70.1 Å². The van der Waals surface area contributed by atoms with Crippen LogP contribution in [0.4, 0.5) is 0 Å². The van der Waals surface area contributed by atoms with Crippen LogP contribution in [0.2, 0.25) is 0 Å². The summed E-state index contributed by atoms with van der Waals surface area (Å²) in [4.78, 5) is 1.20. The Hall–Kier alpha value is -1.81. The minimum Gasteiger partial charge on any atom is -0.514 e. The van der Waals surface area contributed by atoms with E-state index in [0.29, 0.717) is 16.2 Å². The van der Waals surface area contributed by atoms with Gasteiger partial charge in [-0.3, -0.25) is 0 Å². The third kappa shape index (κ3) is 4.59. The summed E-state index contributed by atoms with van der Waals surface area (Å²) in [6, 6.07) is 0. The molecule has 3 N–H and O–H groups in total. The highest BCUT2D eigenvalue weighted by Crippen LogP contribution is 2.32. The molecule has 3 nitrogen and oxygen atoms in total. The van der Waals surface area contributed by atoms with E-state index in [4.69, 9.17) is 5.11 Å². The van der Waals surface area contributed by atoms with Crippen molar-refractivity contribution in [3.63, 3.8) is 0 Å². The number of hydrogen-bond acceptors (Lipinski definition) is 4. The van der Waals surface area contributed by atoms with Crippen molar-refractivity contribution in [2.45, 2.75) is 13.3 Å². The SMILES string of the molecule is C\C=C/C=C\C(=C\O)SC1=CCC=C(O)C=C1O. The minimum atomic E-state index is -0.00923. The highest BCUT2D eigenvalue weighted by Gasteiger charge is 2.09. The molecule has 96 valence electrons. The van der Waals surface area contributed by atoms with Gasteiger partial charge in [0, 0.05) is 11.0 Å². The number of thioether (sulfide) groups is 1. The molecular formula is C14H16O3S. The molecular weight excluding hydrogens is 248 g/mol. The Morgan fingerprint density at radius 3 is 2.72 bits per heavy atom. The summed E-state index contributed by atoms with van der Waals surface area (Å²) in [5, 5.41) is 28.2. The van der Waals surface area contributed by atoms with Crippen LogP contribution in [-0.2, 0) is 0 Å². The monoisotopic (exact) mass is 264 g/mol. The lowest BCUT2D eigenvalue weighted by atomic mass is 10.4. The van der Waals surface area contributed by atoms with Gasteiger partial charge in [0.2, 0.25) is 0 Å². The lowest BCUT2D eigenvalue weighted by Crippen LogP contribution is -1.85. The average molecular weight is 264 g/mol. The zero-order chi connectivity index (χ0) is 13.4. The molecule has 0 unspecified atom stereocenters. The summed E-state index contributed by atoms with van der Waals surface area (Å²) in [6.07, 6.45) is 13.4. The van der Waals surface area contributed by atoms with Crippen LogP contribution in [0.25, 0.3) is 0 Å². The minimum absolute atomic E-state index is 0.00923. The van der Waals surface area contributed by atoms with Crippen LogP contribution >= 0.6 is 11.8 Å². The van der Waals surface area contributed by atoms with Crippen LogP contribution in [0.5, 0.6) is 0 Å². The molecule has 0 aromatic heterocycles. The van der Waals surface area contributed by atoms with Crippen LogP contribution in [0.1, 0.15) is 13.3 Å². The number of rotatable bonds is 4. The molecule has 1 aliphatic carbocycles. The van der Waals surface area contributed by atoms with E-state index in [2.05, 4.69) is 0 Å². The molecule has 0 fully saturated rings. The maximum Gasteiger partial charge on any atom is 0.132 e. The van der Waals surface area contributed by atoms with Crippen molar-refractivity contribution < 1.29 is 15.3 Å². The molecule has 0 amide bonds. The first kappa shape index (κ1) is 14.3. The highest BCUT2D eigenvalue weighted by molar-refractivity contribution is 8.07. The van der Waals surface area contributed by atoms with Gasteiger partial charge < -0.3 is 15.3 Å². The second-order valence-corrected chi connectivity index (χ2v) is 4.60. The van der Waals surface area contributed by atoms with Crippen LogP contribution in [0.3, 0.4) is 0 Å². The summed E-state index contributed by atoms with van der Waals surface area (Å²) >= 11 is 1.23. The van der Waals surface area contributed by atoms with Gasteiger partial charge >= 0.3 is 0 Å². The van der Waals surface area contributed by atoms with Crippen molar-refractivity contribution in [2.24, 2.45) is 0 Å². The molecule has 0 radical (unpaired) electrons. The van der Waals surface area contributed by atoms with Gasteiger partial charge in [0.1, 0.15) is 11.5 Å². The quantitative estimate of drug-likeness (QED) is 0.519. The third-order valence-corrected chi connectivity index (χ3v) is 3.16. The Morgan fingerprint density at radius 1 is 1.28 bits per heavy atom. The summed E-state index contributed by atoms with van der Waals surface area (Å²) in [7, 11) is 0. The van der Waals surface area contributed by atoms with Gasteiger partial charge in [-0.25, -0.2) is 0 Å². The largest absolute Gasteiger partial charge is 0.514 e. The van der Waals surface area contributed by atoms with Crippen LogP contribution in [-0.4, -0.2) is 15.3 Å². The number of allylic oxidation sites excluding steroid dienone is 7. The number of aliphatic hydroxyl groups excluding tert-OH is 3. The van der Waals surface area contributed by atoms with Crippen molar-refractivity contribution >= 4 is 11.8 Å². The molecule has 0 aromatic carbocycles. The first-order chi connectivity index (χ1) is 8.67. The molecule has 0 heterocycles. The normalized spacial score (nSPS) is 17.6. The fourth-order valence-electron chi connectivity index (χ4n) is 1.25. The molecule has 18 heavy (non-hydrogen) atoms. The second-order valence-electron chi connectivity index (χ2n) is 3.48. The Morgan fingerprint density at radius 2 is 2.06 bits per heavy atom. The third-order valence-electron chi connectivity index (χ3n) is 2.09. The number of hydrogen-bond donors (Lipinski definition) is 3. The average Bonchev–Trinajstić information content (AvgIpc) is 2.50.